The lowest BCUT2D eigenvalue weighted by Crippen LogP contribution is -2.07. The third-order valence-corrected chi connectivity index (χ3v) is 2.57. The molecule has 0 aromatic carbocycles. The number of esters is 1. The fourth-order valence-corrected chi connectivity index (χ4v) is 1.79. The SMILES string of the molecule is CCCc1nc(CC(C)COC)oc1C(=O)OC. The van der Waals surface area contributed by atoms with Crippen LogP contribution in [0.25, 0.3) is 0 Å². The van der Waals surface area contributed by atoms with Gasteiger partial charge in [0.15, 0.2) is 5.89 Å². The van der Waals surface area contributed by atoms with E-state index in [1.807, 2.05) is 13.8 Å². The van der Waals surface area contributed by atoms with E-state index >= 15 is 0 Å². The largest absolute Gasteiger partial charge is 0.463 e. The van der Waals surface area contributed by atoms with Gasteiger partial charge in [-0.1, -0.05) is 20.3 Å². The lowest BCUT2D eigenvalue weighted by molar-refractivity contribution is 0.0560. The van der Waals surface area contributed by atoms with Crippen LogP contribution >= 0.6 is 0 Å². The molecule has 1 heterocycles. The van der Waals surface area contributed by atoms with Crippen molar-refractivity contribution in [3.63, 3.8) is 0 Å². The van der Waals surface area contributed by atoms with E-state index in [9.17, 15) is 4.79 Å². The average molecular weight is 255 g/mol. The van der Waals surface area contributed by atoms with Crippen LogP contribution in [-0.2, 0) is 22.3 Å². The van der Waals surface area contributed by atoms with E-state index in [1.165, 1.54) is 7.11 Å². The van der Waals surface area contributed by atoms with Crippen molar-refractivity contribution in [2.75, 3.05) is 20.8 Å². The first kappa shape index (κ1) is 14.7. The monoisotopic (exact) mass is 255 g/mol. The molecule has 0 saturated heterocycles. The molecule has 5 heteroatoms. The fraction of sp³-hybridized carbons (Fsp3) is 0.692. The smallest absolute Gasteiger partial charge is 0.375 e. The van der Waals surface area contributed by atoms with Gasteiger partial charge in [-0.05, 0) is 12.3 Å². The van der Waals surface area contributed by atoms with Crippen LogP contribution in [0.2, 0.25) is 0 Å². The predicted octanol–water partition coefficient (Wildman–Crippen LogP) is 2.24. The molecule has 0 bridgehead atoms. The summed E-state index contributed by atoms with van der Waals surface area (Å²) >= 11 is 0. The summed E-state index contributed by atoms with van der Waals surface area (Å²) in [5.41, 5.74) is 0.684. The molecule has 1 atom stereocenters. The topological polar surface area (TPSA) is 61.6 Å². The van der Waals surface area contributed by atoms with Gasteiger partial charge in [0.1, 0.15) is 0 Å². The van der Waals surface area contributed by atoms with Crippen molar-refractivity contribution in [1.82, 2.24) is 4.98 Å². The molecule has 0 aliphatic rings. The standard InChI is InChI=1S/C13H21NO4/c1-5-6-10-12(13(15)17-4)18-11(14-10)7-9(2)8-16-3/h9H,5-8H2,1-4H3. The lowest BCUT2D eigenvalue weighted by atomic mass is 10.1. The Hall–Kier alpha value is -1.36. The van der Waals surface area contributed by atoms with Crippen molar-refractivity contribution in [3.8, 4) is 0 Å². The summed E-state index contributed by atoms with van der Waals surface area (Å²) in [5.74, 6) is 0.646. The van der Waals surface area contributed by atoms with Crippen LogP contribution in [0.15, 0.2) is 4.42 Å². The summed E-state index contributed by atoms with van der Waals surface area (Å²) in [5, 5.41) is 0. The number of aromatic nitrogens is 1. The van der Waals surface area contributed by atoms with Crippen LogP contribution in [0, 0.1) is 5.92 Å². The molecule has 5 nitrogen and oxygen atoms in total. The number of ether oxygens (including phenoxy) is 2. The van der Waals surface area contributed by atoms with E-state index in [0.717, 1.165) is 6.42 Å². The molecule has 102 valence electrons. The Morgan fingerprint density at radius 3 is 2.72 bits per heavy atom. The highest BCUT2D eigenvalue weighted by Crippen LogP contribution is 2.17. The quantitative estimate of drug-likeness (QED) is 0.699. The molecule has 0 amide bonds. The molecule has 0 N–H and O–H groups in total. The number of oxazole rings is 1. The number of rotatable bonds is 7. The summed E-state index contributed by atoms with van der Waals surface area (Å²) < 4.78 is 15.3. The Morgan fingerprint density at radius 2 is 2.17 bits per heavy atom. The van der Waals surface area contributed by atoms with E-state index in [1.54, 1.807) is 7.11 Å². The van der Waals surface area contributed by atoms with Crippen LogP contribution in [0.4, 0.5) is 0 Å². The first-order valence-electron chi connectivity index (χ1n) is 6.18. The van der Waals surface area contributed by atoms with Crippen molar-refractivity contribution in [3.05, 3.63) is 17.3 Å². The molecule has 0 saturated carbocycles. The van der Waals surface area contributed by atoms with Gasteiger partial charge in [-0.3, -0.25) is 0 Å². The zero-order valence-electron chi connectivity index (χ0n) is 11.5. The van der Waals surface area contributed by atoms with Crippen LogP contribution in [0.5, 0.6) is 0 Å². The molecule has 0 spiro atoms. The van der Waals surface area contributed by atoms with Crippen molar-refractivity contribution >= 4 is 5.97 Å². The summed E-state index contributed by atoms with van der Waals surface area (Å²) in [6.45, 7) is 4.72. The molecule has 1 unspecified atom stereocenters. The van der Waals surface area contributed by atoms with Gasteiger partial charge in [-0.15, -0.1) is 0 Å². The minimum Gasteiger partial charge on any atom is -0.463 e. The maximum absolute atomic E-state index is 11.6. The molecule has 1 aromatic heterocycles. The average Bonchev–Trinajstić information content (AvgIpc) is 2.72. The van der Waals surface area contributed by atoms with Gasteiger partial charge >= 0.3 is 5.97 Å². The van der Waals surface area contributed by atoms with Crippen molar-refractivity contribution < 1.29 is 18.7 Å². The van der Waals surface area contributed by atoms with E-state index in [0.29, 0.717) is 37.0 Å². The second-order valence-corrected chi connectivity index (χ2v) is 4.39. The van der Waals surface area contributed by atoms with Crippen LogP contribution in [0.3, 0.4) is 0 Å². The van der Waals surface area contributed by atoms with E-state index < -0.39 is 5.97 Å². The number of nitrogens with zero attached hydrogens (tertiary/aromatic N) is 1. The highest BCUT2D eigenvalue weighted by atomic mass is 16.5. The summed E-state index contributed by atoms with van der Waals surface area (Å²) in [4.78, 5) is 15.9. The Morgan fingerprint density at radius 1 is 1.44 bits per heavy atom. The summed E-state index contributed by atoms with van der Waals surface area (Å²) in [6.07, 6.45) is 2.28. The molecule has 1 aromatic rings. The third-order valence-electron chi connectivity index (χ3n) is 2.57. The van der Waals surface area contributed by atoms with Gasteiger partial charge in [0.25, 0.3) is 0 Å². The molecule has 1 rings (SSSR count). The number of hydrogen-bond acceptors (Lipinski definition) is 5. The second kappa shape index (κ2) is 7.16. The van der Waals surface area contributed by atoms with Gasteiger partial charge in [0, 0.05) is 20.1 Å². The molecule has 0 fully saturated rings. The highest BCUT2D eigenvalue weighted by molar-refractivity contribution is 5.87. The molecular formula is C13H21NO4. The number of carbonyl (C=O) groups is 1. The molecule has 0 aliphatic heterocycles. The minimum atomic E-state index is -0.461. The predicted molar refractivity (Wildman–Crippen MR) is 66.6 cm³/mol. The van der Waals surface area contributed by atoms with Gasteiger partial charge in [-0.25, -0.2) is 9.78 Å². The highest BCUT2D eigenvalue weighted by Gasteiger charge is 2.21. The Bertz CT molecular complexity index is 386. The lowest BCUT2D eigenvalue weighted by Gasteiger charge is -2.05. The maximum atomic E-state index is 11.6. The molecule has 18 heavy (non-hydrogen) atoms. The van der Waals surface area contributed by atoms with Crippen molar-refractivity contribution in [2.45, 2.75) is 33.1 Å². The van der Waals surface area contributed by atoms with Gasteiger partial charge < -0.3 is 13.9 Å². The van der Waals surface area contributed by atoms with E-state index in [-0.39, 0.29) is 5.76 Å². The zero-order valence-corrected chi connectivity index (χ0v) is 11.5. The molecule has 0 aliphatic carbocycles. The normalized spacial score (nSPS) is 12.4. The minimum absolute atomic E-state index is 0.235. The van der Waals surface area contributed by atoms with E-state index in [2.05, 4.69) is 4.98 Å². The number of methoxy groups -OCH3 is 2. The Labute approximate surface area is 107 Å². The number of hydrogen-bond donors (Lipinski definition) is 0. The molecule has 0 radical (unpaired) electrons. The Kier molecular flexibility index (Phi) is 5.85. The number of carbonyl (C=O) groups excluding carboxylic acids is 1. The van der Waals surface area contributed by atoms with Crippen LogP contribution < -0.4 is 0 Å². The Balaban J connectivity index is 2.84. The van der Waals surface area contributed by atoms with Crippen LogP contribution in [-0.4, -0.2) is 31.8 Å². The van der Waals surface area contributed by atoms with Gasteiger partial charge in [0.05, 0.1) is 12.8 Å². The zero-order chi connectivity index (χ0) is 13.5. The van der Waals surface area contributed by atoms with Crippen molar-refractivity contribution in [1.29, 1.82) is 0 Å². The van der Waals surface area contributed by atoms with Gasteiger partial charge in [0.2, 0.25) is 5.76 Å². The fourth-order valence-electron chi connectivity index (χ4n) is 1.79. The summed E-state index contributed by atoms with van der Waals surface area (Å²) in [7, 11) is 3.00. The van der Waals surface area contributed by atoms with Crippen LogP contribution in [0.1, 0.15) is 42.4 Å². The van der Waals surface area contributed by atoms with Crippen molar-refractivity contribution in [2.24, 2.45) is 5.92 Å². The first-order chi connectivity index (χ1) is 8.62. The molecular weight excluding hydrogens is 234 g/mol. The second-order valence-electron chi connectivity index (χ2n) is 4.39. The maximum Gasteiger partial charge on any atom is 0.375 e. The number of aryl methyl sites for hydroxylation is 1. The van der Waals surface area contributed by atoms with E-state index in [4.69, 9.17) is 13.9 Å². The summed E-state index contributed by atoms with van der Waals surface area (Å²) in [6, 6.07) is 0. The first-order valence-corrected chi connectivity index (χ1v) is 6.18. The van der Waals surface area contributed by atoms with Gasteiger partial charge in [-0.2, -0.15) is 0 Å². The third kappa shape index (κ3) is 3.84.